The molecule has 3 rings (SSSR count). The number of carbonyl (C=O) groups is 2. The first-order chi connectivity index (χ1) is 18.2. The Morgan fingerprint density at radius 1 is 1.11 bits per heavy atom. The average molecular weight is 527 g/mol. The van der Waals surface area contributed by atoms with E-state index in [-0.39, 0.29) is 24.2 Å². The number of amides is 1. The maximum atomic E-state index is 11.4. The van der Waals surface area contributed by atoms with Gasteiger partial charge in [0.1, 0.15) is 12.4 Å². The van der Waals surface area contributed by atoms with E-state index in [4.69, 9.17) is 9.84 Å². The van der Waals surface area contributed by atoms with Gasteiger partial charge in [0.15, 0.2) is 5.78 Å². The fourth-order valence-corrected chi connectivity index (χ4v) is 3.42. The van der Waals surface area contributed by atoms with E-state index in [0.29, 0.717) is 24.5 Å². The zero-order valence-electron chi connectivity index (χ0n) is 24.7. The molecule has 0 radical (unpaired) electrons. The van der Waals surface area contributed by atoms with Gasteiger partial charge in [-0.1, -0.05) is 90.9 Å². The molecule has 6 heteroatoms. The maximum Gasteiger partial charge on any atom is 0.226 e. The van der Waals surface area contributed by atoms with Crippen LogP contribution in [0.1, 0.15) is 89.2 Å². The Bertz CT molecular complexity index is 958. The number of carbonyl (C=O) groups excluding carboxylic acids is 2. The standard InChI is InChI=1S/C20H25NO3.C7H11NO.C3H8.C2H6/c1-3-21(10-11-22)14-17-6-4-7-18(12-17)15-24-20-9-5-8-19(13-20)16(2)23;1-5-3-4-6(2)8-7(5)9;1-3-2;1-2/h4-9,12-13,22H,3,10-11,14-15H2,1-2H3;5H,2-4H2,1H3,(H,8,9);3H2,1-2H3;1-2H3. The van der Waals surface area contributed by atoms with Crippen molar-refractivity contribution < 1.29 is 19.4 Å². The number of benzene rings is 2. The molecule has 2 aromatic carbocycles. The van der Waals surface area contributed by atoms with Crippen LogP contribution in [0.25, 0.3) is 0 Å². The third-order valence-electron chi connectivity index (χ3n) is 5.53. The minimum Gasteiger partial charge on any atom is -0.489 e. The highest BCUT2D eigenvalue weighted by Gasteiger charge is 2.18. The van der Waals surface area contributed by atoms with Crippen LogP contribution in [-0.4, -0.2) is 41.4 Å². The normalized spacial score (nSPS) is 14.1. The summed E-state index contributed by atoms with van der Waals surface area (Å²) in [6.45, 7) is 20.5. The van der Waals surface area contributed by atoms with Crippen molar-refractivity contribution in [2.45, 2.75) is 80.9 Å². The Balaban J connectivity index is 0.000000807. The molecule has 212 valence electrons. The Labute approximate surface area is 231 Å². The Kier molecular flexibility index (Phi) is 19.4. The summed E-state index contributed by atoms with van der Waals surface area (Å²) >= 11 is 0. The largest absolute Gasteiger partial charge is 0.489 e. The van der Waals surface area contributed by atoms with Crippen LogP contribution >= 0.6 is 0 Å². The number of piperidine rings is 1. The number of Topliss-reactive ketones (excluding diaryl/α,β-unsaturated/α-hetero) is 1. The molecule has 1 aliphatic rings. The monoisotopic (exact) mass is 526 g/mol. The lowest BCUT2D eigenvalue weighted by Gasteiger charge is -2.19. The number of nitrogens with one attached hydrogen (secondary N) is 1. The number of likely N-dealkylation sites (N-methyl/N-ethyl adjacent to an activating group) is 1. The molecule has 38 heavy (non-hydrogen) atoms. The van der Waals surface area contributed by atoms with Gasteiger partial charge in [0, 0.05) is 30.3 Å². The lowest BCUT2D eigenvalue weighted by Crippen LogP contribution is -2.32. The van der Waals surface area contributed by atoms with Crippen molar-refractivity contribution in [3.63, 3.8) is 0 Å². The molecule has 6 nitrogen and oxygen atoms in total. The number of aliphatic hydroxyl groups excluding tert-OH is 1. The van der Waals surface area contributed by atoms with Gasteiger partial charge in [0.2, 0.25) is 5.91 Å². The van der Waals surface area contributed by atoms with E-state index >= 15 is 0 Å². The van der Waals surface area contributed by atoms with Crippen molar-refractivity contribution in [1.82, 2.24) is 10.2 Å². The second-order valence-electron chi connectivity index (χ2n) is 9.02. The second kappa shape index (κ2) is 21.0. The number of hydrogen-bond donors (Lipinski definition) is 2. The summed E-state index contributed by atoms with van der Waals surface area (Å²) < 4.78 is 5.81. The van der Waals surface area contributed by atoms with Crippen LogP contribution in [0.4, 0.5) is 0 Å². The van der Waals surface area contributed by atoms with E-state index in [1.165, 1.54) is 12.0 Å². The summed E-state index contributed by atoms with van der Waals surface area (Å²) in [6.07, 6.45) is 3.14. The number of rotatable bonds is 9. The fourth-order valence-electron chi connectivity index (χ4n) is 3.42. The van der Waals surface area contributed by atoms with Gasteiger partial charge in [-0.2, -0.15) is 0 Å². The Morgan fingerprint density at radius 2 is 1.74 bits per heavy atom. The maximum absolute atomic E-state index is 11.4. The molecular formula is C32H50N2O4. The van der Waals surface area contributed by atoms with Gasteiger partial charge in [-0.15, -0.1) is 0 Å². The first-order valence-electron chi connectivity index (χ1n) is 13.9. The highest BCUT2D eigenvalue weighted by Crippen LogP contribution is 2.17. The fraction of sp³-hybridized carbons (Fsp3) is 0.500. The first-order valence-corrected chi connectivity index (χ1v) is 13.9. The predicted octanol–water partition coefficient (Wildman–Crippen LogP) is 6.77. The topological polar surface area (TPSA) is 78.9 Å². The van der Waals surface area contributed by atoms with Gasteiger partial charge in [-0.3, -0.25) is 14.5 Å². The third-order valence-corrected chi connectivity index (χ3v) is 5.53. The smallest absolute Gasteiger partial charge is 0.226 e. The molecule has 0 saturated carbocycles. The van der Waals surface area contributed by atoms with Crippen LogP contribution in [0, 0.1) is 5.92 Å². The summed E-state index contributed by atoms with van der Waals surface area (Å²) in [5, 5.41) is 11.8. The Hall–Kier alpha value is -2.96. The highest BCUT2D eigenvalue weighted by molar-refractivity contribution is 5.94. The molecule has 0 spiro atoms. The van der Waals surface area contributed by atoms with Gasteiger partial charge in [0.25, 0.3) is 0 Å². The summed E-state index contributed by atoms with van der Waals surface area (Å²) in [7, 11) is 0. The van der Waals surface area contributed by atoms with Crippen LogP contribution in [0.5, 0.6) is 5.75 Å². The summed E-state index contributed by atoms with van der Waals surface area (Å²) in [5.74, 6) is 1.02. The SMILES string of the molecule is C=C1CCC(C)C(=O)N1.CC.CCC.CCN(CCO)Cc1cccc(COc2cccc(C(C)=O)c2)c1. The third kappa shape index (κ3) is 14.7. The molecule has 0 bridgehead atoms. The van der Waals surface area contributed by atoms with Gasteiger partial charge in [0.05, 0.1) is 6.61 Å². The first kappa shape index (κ1) is 35.0. The van der Waals surface area contributed by atoms with E-state index in [2.05, 4.69) is 49.7 Å². The molecule has 1 amide bonds. The van der Waals surface area contributed by atoms with Gasteiger partial charge < -0.3 is 15.2 Å². The summed E-state index contributed by atoms with van der Waals surface area (Å²) in [6, 6.07) is 15.5. The number of hydrogen-bond acceptors (Lipinski definition) is 5. The van der Waals surface area contributed by atoms with Crippen molar-refractivity contribution in [2.75, 3.05) is 19.7 Å². The summed E-state index contributed by atoms with van der Waals surface area (Å²) in [4.78, 5) is 24.4. The van der Waals surface area contributed by atoms with Crippen LogP contribution in [0.15, 0.2) is 60.8 Å². The second-order valence-corrected chi connectivity index (χ2v) is 9.02. The molecule has 1 saturated heterocycles. The van der Waals surface area contributed by atoms with Crippen molar-refractivity contribution in [2.24, 2.45) is 5.92 Å². The van der Waals surface area contributed by atoms with E-state index in [1.54, 1.807) is 19.1 Å². The van der Waals surface area contributed by atoms with E-state index in [0.717, 1.165) is 37.2 Å². The van der Waals surface area contributed by atoms with Crippen LogP contribution in [0.2, 0.25) is 0 Å². The Morgan fingerprint density at radius 3 is 2.29 bits per heavy atom. The molecule has 1 fully saturated rings. The minimum absolute atomic E-state index is 0.0333. The molecule has 1 unspecified atom stereocenters. The van der Waals surface area contributed by atoms with Crippen LogP contribution in [0.3, 0.4) is 0 Å². The van der Waals surface area contributed by atoms with Gasteiger partial charge in [-0.25, -0.2) is 0 Å². The zero-order chi connectivity index (χ0) is 28.9. The van der Waals surface area contributed by atoms with E-state index < -0.39 is 0 Å². The number of nitrogens with zero attached hydrogens (tertiary/aromatic N) is 1. The lowest BCUT2D eigenvalue weighted by molar-refractivity contribution is -0.124. The summed E-state index contributed by atoms with van der Waals surface area (Å²) in [5.41, 5.74) is 3.80. The quantitative estimate of drug-likeness (QED) is 0.353. The van der Waals surface area contributed by atoms with Gasteiger partial charge >= 0.3 is 0 Å². The van der Waals surface area contributed by atoms with Crippen molar-refractivity contribution in [3.05, 3.63) is 77.5 Å². The van der Waals surface area contributed by atoms with E-state index in [9.17, 15) is 9.59 Å². The number of ether oxygens (including phenoxy) is 1. The van der Waals surface area contributed by atoms with Crippen molar-refractivity contribution in [3.8, 4) is 5.75 Å². The molecule has 0 aliphatic carbocycles. The molecule has 1 atom stereocenters. The number of allylic oxidation sites excluding steroid dienone is 1. The molecular weight excluding hydrogens is 476 g/mol. The van der Waals surface area contributed by atoms with Crippen LogP contribution in [-0.2, 0) is 17.9 Å². The predicted molar refractivity (Wildman–Crippen MR) is 158 cm³/mol. The zero-order valence-corrected chi connectivity index (χ0v) is 24.7. The number of aliphatic hydroxyl groups is 1. The van der Waals surface area contributed by atoms with Crippen molar-refractivity contribution in [1.29, 1.82) is 0 Å². The van der Waals surface area contributed by atoms with Crippen LogP contribution < -0.4 is 10.1 Å². The molecule has 1 aliphatic heterocycles. The molecule has 2 aromatic rings. The van der Waals surface area contributed by atoms with Crippen molar-refractivity contribution >= 4 is 11.7 Å². The highest BCUT2D eigenvalue weighted by atomic mass is 16.5. The molecule has 0 aromatic heterocycles. The van der Waals surface area contributed by atoms with E-state index in [1.807, 2.05) is 45.0 Å². The molecule has 1 heterocycles. The van der Waals surface area contributed by atoms with Gasteiger partial charge in [-0.05, 0) is 49.6 Å². The average Bonchev–Trinajstić information content (AvgIpc) is 2.92. The lowest BCUT2D eigenvalue weighted by atomic mass is 9.99. The minimum atomic E-state index is 0.0333. The number of ketones is 1. The molecule has 2 N–H and O–H groups in total.